The Bertz CT molecular complexity index is 871. The summed E-state index contributed by atoms with van der Waals surface area (Å²) in [5.74, 6) is -0.339. The molecule has 2 heterocycles. The molecule has 0 saturated carbocycles. The van der Waals surface area contributed by atoms with Crippen molar-refractivity contribution in [2.75, 3.05) is 0 Å². The van der Waals surface area contributed by atoms with Gasteiger partial charge in [0.1, 0.15) is 5.82 Å². The van der Waals surface area contributed by atoms with Crippen LogP contribution in [0.2, 0.25) is 0 Å². The van der Waals surface area contributed by atoms with E-state index in [2.05, 4.69) is 5.32 Å². The highest BCUT2D eigenvalue weighted by atomic mass is 19.1. The van der Waals surface area contributed by atoms with Crippen LogP contribution in [0.3, 0.4) is 0 Å². The van der Waals surface area contributed by atoms with Crippen molar-refractivity contribution in [3.63, 3.8) is 0 Å². The van der Waals surface area contributed by atoms with Crippen molar-refractivity contribution >= 4 is 12.2 Å². The molecular weight excluding hydrogens is 331 g/mol. The summed E-state index contributed by atoms with van der Waals surface area (Å²) < 4.78 is 13.4. The second kappa shape index (κ2) is 6.63. The minimum absolute atomic E-state index is 0.0365. The summed E-state index contributed by atoms with van der Waals surface area (Å²) in [6.45, 7) is 7.80. The van der Waals surface area contributed by atoms with Gasteiger partial charge >= 0.3 is 0 Å². The number of carbonyl (C=O) groups excluding carboxylic acids is 2. The van der Waals surface area contributed by atoms with Crippen molar-refractivity contribution in [3.05, 3.63) is 52.6 Å². The van der Waals surface area contributed by atoms with Gasteiger partial charge < -0.3 is 5.32 Å². The molecule has 5 heteroatoms. The van der Waals surface area contributed by atoms with E-state index in [1.807, 2.05) is 27.7 Å². The summed E-state index contributed by atoms with van der Waals surface area (Å²) in [6, 6.07) is 6.12. The molecule has 26 heavy (non-hydrogen) atoms. The third-order valence-corrected chi connectivity index (χ3v) is 4.81. The number of nitrogens with one attached hydrogen (secondary N) is 1. The molecule has 3 rings (SSSR count). The van der Waals surface area contributed by atoms with Crippen molar-refractivity contribution in [2.24, 2.45) is 0 Å². The fourth-order valence-electron chi connectivity index (χ4n) is 3.63. The van der Waals surface area contributed by atoms with Gasteiger partial charge in [-0.1, -0.05) is 26.0 Å². The maximum atomic E-state index is 13.4. The average Bonchev–Trinajstić information content (AvgIpc) is 2.69. The van der Waals surface area contributed by atoms with Crippen molar-refractivity contribution in [3.8, 4) is 11.1 Å². The summed E-state index contributed by atoms with van der Waals surface area (Å²) in [5.41, 5.74) is 3.75. The van der Waals surface area contributed by atoms with Crippen molar-refractivity contribution in [1.82, 2.24) is 10.3 Å². The number of hydrogen-bond acceptors (Lipinski definition) is 3. The molecule has 1 aromatic carbocycles. The predicted molar refractivity (Wildman–Crippen MR) is 98.6 cm³/mol. The third-order valence-electron chi connectivity index (χ3n) is 4.81. The number of pyridine rings is 1. The average molecular weight is 354 g/mol. The Balaban J connectivity index is 2.40. The number of benzene rings is 1. The van der Waals surface area contributed by atoms with E-state index in [4.69, 9.17) is 4.98 Å². The lowest BCUT2D eigenvalue weighted by molar-refractivity contribution is -0.122. The molecule has 4 nitrogen and oxygen atoms in total. The zero-order valence-electron chi connectivity index (χ0n) is 15.5. The first kappa shape index (κ1) is 18.2. The van der Waals surface area contributed by atoms with Crippen molar-refractivity contribution < 1.29 is 14.0 Å². The minimum atomic E-state index is -0.650. The topological polar surface area (TPSA) is 59.1 Å². The first-order valence-electron chi connectivity index (χ1n) is 8.84. The quantitative estimate of drug-likeness (QED) is 0.844. The van der Waals surface area contributed by atoms with E-state index in [9.17, 15) is 14.0 Å². The molecular formula is C21H23FN2O2. The number of amides is 1. The van der Waals surface area contributed by atoms with Crippen molar-refractivity contribution in [2.45, 2.75) is 52.0 Å². The Morgan fingerprint density at radius 3 is 2.42 bits per heavy atom. The van der Waals surface area contributed by atoms with Gasteiger partial charge in [-0.05, 0) is 55.0 Å². The smallest absolute Gasteiger partial charge is 0.221 e. The van der Waals surface area contributed by atoms with Gasteiger partial charge in [0.2, 0.25) is 5.91 Å². The number of carbonyl (C=O) groups is 2. The van der Waals surface area contributed by atoms with Crippen LogP contribution < -0.4 is 5.32 Å². The highest BCUT2D eigenvalue weighted by molar-refractivity contribution is 5.92. The number of aromatic nitrogens is 1. The highest BCUT2D eigenvalue weighted by Gasteiger charge is 2.34. The maximum Gasteiger partial charge on any atom is 0.221 e. The first-order valence-corrected chi connectivity index (χ1v) is 8.84. The largest absolute Gasteiger partial charge is 0.346 e. The molecule has 136 valence electrons. The third kappa shape index (κ3) is 3.14. The van der Waals surface area contributed by atoms with Gasteiger partial charge in [-0.15, -0.1) is 0 Å². The van der Waals surface area contributed by atoms with Gasteiger partial charge in [0.05, 0.1) is 16.9 Å². The summed E-state index contributed by atoms with van der Waals surface area (Å²) in [5, 5.41) is 3.02. The molecule has 0 atom stereocenters. The predicted octanol–water partition coefficient (Wildman–Crippen LogP) is 4.12. The van der Waals surface area contributed by atoms with Crippen LogP contribution in [0.5, 0.6) is 0 Å². The summed E-state index contributed by atoms with van der Waals surface area (Å²) in [6.07, 6.45) is 1.64. The number of halogens is 1. The molecule has 1 aliphatic heterocycles. The molecule has 0 spiro atoms. The second-order valence-corrected chi connectivity index (χ2v) is 7.57. The van der Waals surface area contributed by atoms with Crippen LogP contribution in [-0.2, 0) is 16.8 Å². The highest BCUT2D eigenvalue weighted by Crippen LogP contribution is 2.38. The number of hydrogen-bond donors (Lipinski definition) is 1. The van der Waals surface area contributed by atoms with Gasteiger partial charge in [-0.25, -0.2) is 4.39 Å². The molecule has 1 amide bonds. The Hall–Kier alpha value is -2.56. The van der Waals surface area contributed by atoms with E-state index in [1.165, 1.54) is 12.1 Å². The lowest BCUT2D eigenvalue weighted by Crippen LogP contribution is -2.40. The molecule has 0 fully saturated rings. The summed E-state index contributed by atoms with van der Waals surface area (Å²) in [4.78, 5) is 29.0. The Morgan fingerprint density at radius 1 is 1.19 bits per heavy atom. The fourth-order valence-corrected chi connectivity index (χ4v) is 3.63. The standard InChI is InChI=1S/C21H23FN2O2/c1-12(2)19-16(11-25)18(13-5-7-14(22)8-6-13)15-9-10-17(26)24-21(3,4)20(15)23-19/h5-8,11-12H,9-10H2,1-4H3,(H,24,26). The van der Waals surface area contributed by atoms with Crippen LogP contribution in [0.1, 0.15) is 67.3 Å². The van der Waals surface area contributed by atoms with Crippen LogP contribution >= 0.6 is 0 Å². The molecule has 0 unspecified atom stereocenters. The van der Waals surface area contributed by atoms with Gasteiger partial charge in [0, 0.05) is 12.0 Å². The normalized spacial score (nSPS) is 16.0. The number of fused-ring (bicyclic) bond motifs is 1. The molecule has 2 aromatic rings. The molecule has 1 N–H and O–H groups in total. The molecule has 0 aliphatic carbocycles. The van der Waals surface area contributed by atoms with Gasteiger partial charge in [-0.3, -0.25) is 14.6 Å². The summed E-state index contributed by atoms with van der Waals surface area (Å²) >= 11 is 0. The monoisotopic (exact) mass is 354 g/mol. The maximum absolute atomic E-state index is 13.4. The van der Waals surface area contributed by atoms with Crippen LogP contribution in [0.25, 0.3) is 11.1 Å². The zero-order chi connectivity index (χ0) is 19.1. The fraction of sp³-hybridized carbons (Fsp3) is 0.381. The lowest BCUT2D eigenvalue weighted by atomic mass is 9.84. The number of rotatable bonds is 3. The van der Waals surface area contributed by atoms with Crippen LogP contribution in [0.4, 0.5) is 4.39 Å². The van der Waals surface area contributed by atoms with Gasteiger partial charge in [0.25, 0.3) is 0 Å². The van der Waals surface area contributed by atoms with Gasteiger partial charge in [-0.2, -0.15) is 0 Å². The lowest BCUT2D eigenvalue weighted by Gasteiger charge is -2.28. The van der Waals surface area contributed by atoms with Crippen LogP contribution in [0.15, 0.2) is 24.3 Å². The second-order valence-electron chi connectivity index (χ2n) is 7.57. The van der Waals surface area contributed by atoms with E-state index in [-0.39, 0.29) is 17.6 Å². The van der Waals surface area contributed by atoms with Crippen LogP contribution in [-0.4, -0.2) is 17.2 Å². The zero-order valence-corrected chi connectivity index (χ0v) is 15.5. The number of nitrogens with zero attached hydrogens (tertiary/aromatic N) is 1. The summed E-state index contributed by atoms with van der Waals surface area (Å²) in [7, 11) is 0. The Morgan fingerprint density at radius 2 is 1.85 bits per heavy atom. The molecule has 1 aliphatic rings. The first-order chi connectivity index (χ1) is 12.2. The van der Waals surface area contributed by atoms with E-state index in [0.29, 0.717) is 24.1 Å². The Kier molecular flexibility index (Phi) is 4.65. The number of aldehydes is 1. The molecule has 0 bridgehead atoms. The van der Waals surface area contributed by atoms with E-state index in [0.717, 1.165) is 28.7 Å². The molecule has 0 saturated heterocycles. The van der Waals surface area contributed by atoms with Crippen LogP contribution in [0, 0.1) is 5.82 Å². The minimum Gasteiger partial charge on any atom is -0.346 e. The molecule has 0 radical (unpaired) electrons. The van der Waals surface area contributed by atoms with E-state index >= 15 is 0 Å². The van der Waals surface area contributed by atoms with E-state index in [1.54, 1.807) is 12.1 Å². The van der Waals surface area contributed by atoms with Gasteiger partial charge in [0.15, 0.2) is 6.29 Å². The molecule has 1 aromatic heterocycles. The van der Waals surface area contributed by atoms with Crippen molar-refractivity contribution in [1.29, 1.82) is 0 Å². The Labute approximate surface area is 152 Å². The SMILES string of the molecule is CC(C)c1nc2c(c(-c3ccc(F)cc3)c1C=O)CCC(=O)NC2(C)C. The van der Waals surface area contributed by atoms with E-state index < -0.39 is 5.54 Å².